The van der Waals surface area contributed by atoms with Gasteiger partial charge in [-0.3, -0.25) is 4.79 Å². The second-order valence-corrected chi connectivity index (χ2v) is 2.75. The molecule has 0 spiro atoms. The highest BCUT2D eigenvalue weighted by atomic mass is 19.3. The van der Waals surface area contributed by atoms with Gasteiger partial charge in [0.05, 0.1) is 5.56 Å². The van der Waals surface area contributed by atoms with Gasteiger partial charge in [-0.1, -0.05) is 0 Å². The van der Waals surface area contributed by atoms with Crippen LogP contribution in [0.3, 0.4) is 0 Å². The van der Waals surface area contributed by atoms with E-state index >= 15 is 0 Å². The van der Waals surface area contributed by atoms with Crippen LogP contribution < -0.4 is 9.47 Å². The quantitative estimate of drug-likeness (QED) is 0.730. The molecule has 1 heterocycles. The van der Waals surface area contributed by atoms with Crippen molar-refractivity contribution in [3.05, 3.63) is 23.8 Å². The smallest absolute Gasteiger partial charge is 0.387 e. The van der Waals surface area contributed by atoms with Gasteiger partial charge in [0.2, 0.25) is 5.78 Å². The van der Waals surface area contributed by atoms with E-state index in [0.29, 0.717) is 11.3 Å². The molecule has 1 aliphatic heterocycles. The highest BCUT2D eigenvalue weighted by molar-refractivity contribution is 6.02. The van der Waals surface area contributed by atoms with Gasteiger partial charge in [0.15, 0.2) is 6.61 Å². The molecule has 0 aromatic heterocycles. The van der Waals surface area contributed by atoms with Gasteiger partial charge in [-0.15, -0.1) is 0 Å². The fourth-order valence-electron chi connectivity index (χ4n) is 1.25. The van der Waals surface area contributed by atoms with Crippen molar-refractivity contribution in [3.63, 3.8) is 0 Å². The molecule has 0 unspecified atom stereocenters. The van der Waals surface area contributed by atoms with Crippen molar-refractivity contribution in [1.82, 2.24) is 0 Å². The van der Waals surface area contributed by atoms with Crippen molar-refractivity contribution < 1.29 is 23.0 Å². The Morgan fingerprint density at radius 2 is 2.21 bits per heavy atom. The molecule has 0 fully saturated rings. The lowest BCUT2D eigenvalue weighted by Crippen LogP contribution is -2.01. The van der Waals surface area contributed by atoms with E-state index in [0.717, 1.165) is 0 Å². The number of ketones is 1. The van der Waals surface area contributed by atoms with Gasteiger partial charge >= 0.3 is 6.61 Å². The number of carbonyl (C=O) groups is 1. The van der Waals surface area contributed by atoms with E-state index in [1.54, 1.807) is 0 Å². The molecule has 0 bridgehead atoms. The Morgan fingerprint density at radius 3 is 2.93 bits per heavy atom. The molecule has 0 aliphatic carbocycles. The Labute approximate surface area is 78.2 Å². The summed E-state index contributed by atoms with van der Waals surface area (Å²) in [6.07, 6.45) is 0. The summed E-state index contributed by atoms with van der Waals surface area (Å²) in [7, 11) is 0. The summed E-state index contributed by atoms with van der Waals surface area (Å²) in [4.78, 5) is 11.1. The average molecular weight is 200 g/mol. The highest BCUT2D eigenvalue weighted by Crippen LogP contribution is 2.29. The van der Waals surface area contributed by atoms with E-state index in [1.165, 1.54) is 18.2 Å². The molecule has 74 valence electrons. The second kappa shape index (κ2) is 3.25. The van der Waals surface area contributed by atoms with Crippen molar-refractivity contribution in [2.75, 3.05) is 6.61 Å². The number of fused-ring (bicyclic) bond motifs is 1. The van der Waals surface area contributed by atoms with Gasteiger partial charge < -0.3 is 9.47 Å². The Hall–Kier alpha value is -1.65. The monoisotopic (exact) mass is 200 g/mol. The molecule has 0 amide bonds. The summed E-state index contributed by atoms with van der Waals surface area (Å²) in [5, 5.41) is 0. The highest BCUT2D eigenvalue weighted by Gasteiger charge is 2.21. The van der Waals surface area contributed by atoms with E-state index in [2.05, 4.69) is 4.74 Å². The van der Waals surface area contributed by atoms with E-state index in [-0.39, 0.29) is 18.1 Å². The van der Waals surface area contributed by atoms with Gasteiger partial charge in [0, 0.05) is 6.07 Å². The topological polar surface area (TPSA) is 35.5 Å². The zero-order chi connectivity index (χ0) is 10.1. The minimum Gasteiger partial charge on any atom is -0.485 e. The fourth-order valence-corrected chi connectivity index (χ4v) is 1.25. The van der Waals surface area contributed by atoms with Crippen LogP contribution in [0.5, 0.6) is 11.5 Å². The van der Waals surface area contributed by atoms with Crippen molar-refractivity contribution in [3.8, 4) is 11.5 Å². The lowest BCUT2D eigenvalue weighted by Gasteiger charge is -2.04. The standard InChI is InChI=1S/C9H6F2O3/c10-9(11)14-5-1-2-6-7(12)4-13-8(6)3-5/h1-3,9H,4H2. The maximum Gasteiger partial charge on any atom is 0.387 e. The third kappa shape index (κ3) is 1.53. The summed E-state index contributed by atoms with van der Waals surface area (Å²) < 4.78 is 32.7. The summed E-state index contributed by atoms with van der Waals surface area (Å²) in [5.74, 6) is 0.144. The maximum absolute atomic E-state index is 11.8. The first-order valence-electron chi connectivity index (χ1n) is 3.91. The van der Waals surface area contributed by atoms with Crippen molar-refractivity contribution in [1.29, 1.82) is 0 Å². The number of rotatable bonds is 2. The van der Waals surface area contributed by atoms with E-state index in [1.807, 2.05) is 0 Å². The van der Waals surface area contributed by atoms with Crippen molar-refractivity contribution >= 4 is 5.78 Å². The largest absolute Gasteiger partial charge is 0.485 e. The Bertz CT molecular complexity index is 376. The number of ether oxygens (including phenoxy) is 2. The molecule has 3 nitrogen and oxygen atoms in total. The third-order valence-corrected chi connectivity index (χ3v) is 1.84. The number of hydrogen-bond donors (Lipinski definition) is 0. The molecule has 0 saturated carbocycles. The van der Waals surface area contributed by atoms with Crippen LogP contribution in [0.2, 0.25) is 0 Å². The first-order chi connectivity index (χ1) is 6.66. The Balaban J connectivity index is 2.28. The van der Waals surface area contributed by atoms with Gasteiger partial charge in [-0.25, -0.2) is 0 Å². The van der Waals surface area contributed by atoms with Crippen molar-refractivity contribution in [2.24, 2.45) is 0 Å². The zero-order valence-corrected chi connectivity index (χ0v) is 7.00. The van der Waals surface area contributed by atoms with Gasteiger partial charge in [0.25, 0.3) is 0 Å². The molecule has 1 aromatic carbocycles. The number of hydrogen-bond acceptors (Lipinski definition) is 3. The lowest BCUT2D eigenvalue weighted by molar-refractivity contribution is -0.0499. The number of Topliss-reactive ketones (excluding diaryl/α,β-unsaturated/α-hetero) is 1. The van der Waals surface area contributed by atoms with Crippen LogP contribution in [0, 0.1) is 0 Å². The Kier molecular flexibility index (Phi) is 2.07. The molecular weight excluding hydrogens is 194 g/mol. The van der Waals surface area contributed by atoms with Gasteiger partial charge in [-0.2, -0.15) is 8.78 Å². The first kappa shape index (κ1) is 8.93. The average Bonchev–Trinajstić information content (AvgIpc) is 2.46. The second-order valence-electron chi connectivity index (χ2n) is 2.75. The number of halogens is 2. The zero-order valence-electron chi connectivity index (χ0n) is 7.00. The summed E-state index contributed by atoms with van der Waals surface area (Å²) in [6, 6.07) is 4.02. The molecular formula is C9H6F2O3. The van der Waals surface area contributed by atoms with Crippen LogP contribution in [0.1, 0.15) is 10.4 Å². The lowest BCUT2D eigenvalue weighted by atomic mass is 10.1. The number of carbonyl (C=O) groups excluding carboxylic acids is 1. The summed E-state index contributed by atoms with van der Waals surface area (Å²) in [6.45, 7) is -2.90. The first-order valence-corrected chi connectivity index (χ1v) is 3.91. The van der Waals surface area contributed by atoms with Crippen LogP contribution >= 0.6 is 0 Å². The van der Waals surface area contributed by atoms with Crippen LogP contribution in [0.25, 0.3) is 0 Å². The molecule has 0 atom stereocenters. The van der Waals surface area contributed by atoms with Crippen LogP contribution in [-0.4, -0.2) is 19.0 Å². The van der Waals surface area contributed by atoms with Crippen LogP contribution in [0.4, 0.5) is 8.78 Å². The predicted octanol–water partition coefficient (Wildman–Crippen LogP) is 1.86. The number of benzene rings is 1. The number of alkyl halides is 2. The third-order valence-electron chi connectivity index (χ3n) is 1.84. The van der Waals surface area contributed by atoms with Gasteiger partial charge in [-0.05, 0) is 12.1 Å². The maximum atomic E-state index is 11.8. The van der Waals surface area contributed by atoms with E-state index < -0.39 is 6.61 Å². The minimum atomic E-state index is -2.87. The Morgan fingerprint density at radius 1 is 1.43 bits per heavy atom. The molecule has 5 heteroatoms. The van der Waals surface area contributed by atoms with Crippen LogP contribution in [-0.2, 0) is 0 Å². The minimum absolute atomic E-state index is 0.00606. The normalized spacial score (nSPS) is 14.1. The SMILES string of the molecule is O=C1COc2cc(OC(F)F)ccc21. The van der Waals surface area contributed by atoms with E-state index in [4.69, 9.17) is 4.74 Å². The fraction of sp³-hybridized carbons (Fsp3) is 0.222. The predicted molar refractivity (Wildman–Crippen MR) is 42.9 cm³/mol. The van der Waals surface area contributed by atoms with E-state index in [9.17, 15) is 13.6 Å². The molecule has 2 rings (SSSR count). The molecule has 1 aromatic rings. The van der Waals surface area contributed by atoms with Crippen LogP contribution in [0.15, 0.2) is 18.2 Å². The molecule has 0 radical (unpaired) electrons. The van der Waals surface area contributed by atoms with Gasteiger partial charge in [0.1, 0.15) is 11.5 Å². The summed E-state index contributed by atoms with van der Waals surface area (Å²) >= 11 is 0. The molecule has 0 N–H and O–H groups in total. The summed E-state index contributed by atoms with van der Waals surface area (Å²) in [5.41, 5.74) is 0.409. The van der Waals surface area contributed by atoms with Crippen molar-refractivity contribution in [2.45, 2.75) is 6.61 Å². The molecule has 14 heavy (non-hydrogen) atoms. The molecule has 1 aliphatic rings. The molecule has 0 saturated heterocycles.